The second-order valence-electron chi connectivity index (χ2n) is 7.37. The van der Waals surface area contributed by atoms with Crippen LogP contribution < -0.4 is 4.74 Å². The lowest BCUT2D eigenvalue weighted by Gasteiger charge is -2.27. The van der Waals surface area contributed by atoms with Crippen LogP contribution in [0.25, 0.3) is 11.5 Å². The minimum Gasteiger partial charge on any atom is -0.497 e. The van der Waals surface area contributed by atoms with Gasteiger partial charge in [-0.15, -0.1) is 21.5 Å². The standard InChI is InChI=1S/C24H24BrN3O2S/c1-17(14-20-6-5-13-31-20)28(15-18-9-11-19(29-2)12-10-18)16-23-26-27-24(30-23)21-7-3-4-8-22(21)25/h3-13,17H,14-16H2,1-2H3/t17-/m0/s1. The summed E-state index contributed by atoms with van der Waals surface area (Å²) in [5, 5.41) is 10.7. The van der Waals surface area contributed by atoms with Crippen LogP contribution in [0.15, 0.2) is 74.9 Å². The van der Waals surface area contributed by atoms with E-state index in [0.717, 1.165) is 28.8 Å². The minimum absolute atomic E-state index is 0.305. The van der Waals surface area contributed by atoms with E-state index in [2.05, 4.69) is 67.6 Å². The molecule has 0 N–H and O–H groups in total. The molecule has 4 rings (SSSR count). The second-order valence-corrected chi connectivity index (χ2v) is 9.25. The average Bonchev–Trinajstić information content (AvgIpc) is 3.46. The van der Waals surface area contributed by atoms with Crippen molar-refractivity contribution in [3.8, 4) is 17.2 Å². The van der Waals surface area contributed by atoms with Crippen molar-refractivity contribution in [2.45, 2.75) is 32.5 Å². The van der Waals surface area contributed by atoms with E-state index >= 15 is 0 Å². The van der Waals surface area contributed by atoms with E-state index < -0.39 is 0 Å². The molecule has 0 radical (unpaired) electrons. The Bertz CT molecular complexity index is 1100. The van der Waals surface area contributed by atoms with Gasteiger partial charge in [-0.25, -0.2) is 0 Å². The van der Waals surface area contributed by atoms with Crippen LogP contribution >= 0.6 is 27.3 Å². The number of halogens is 1. The molecule has 31 heavy (non-hydrogen) atoms. The summed E-state index contributed by atoms with van der Waals surface area (Å²) in [7, 11) is 1.68. The largest absolute Gasteiger partial charge is 0.497 e. The summed E-state index contributed by atoms with van der Waals surface area (Å²) in [4.78, 5) is 3.74. The van der Waals surface area contributed by atoms with Gasteiger partial charge >= 0.3 is 0 Å². The van der Waals surface area contributed by atoms with Gasteiger partial charge in [-0.1, -0.05) is 30.3 Å². The number of benzene rings is 2. The molecule has 0 fully saturated rings. The first-order valence-electron chi connectivity index (χ1n) is 10.1. The van der Waals surface area contributed by atoms with E-state index in [1.165, 1.54) is 10.4 Å². The summed E-state index contributed by atoms with van der Waals surface area (Å²) in [5.41, 5.74) is 2.11. The normalized spacial score (nSPS) is 12.3. The zero-order valence-corrected chi connectivity index (χ0v) is 19.9. The number of hydrogen-bond acceptors (Lipinski definition) is 6. The third-order valence-corrected chi connectivity index (χ3v) is 6.74. The van der Waals surface area contributed by atoms with Crippen LogP contribution in [0.3, 0.4) is 0 Å². The van der Waals surface area contributed by atoms with Crippen molar-refractivity contribution in [3.05, 3.63) is 86.8 Å². The molecule has 2 aromatic heterocycles. The van der Waals surface area contributed by atoms with Crippen molar-refractivity contribution >= 4 is 27.3 Å². The zero-order chi connectivity index (χ0) is 21.6. The maximum Gasteiger partial charge on any atom is 0.248 e. The van der Waals surface area contributed by atoms with Crippen molar-refractivity contribution in [1.29, 1.82) is 0 Å². The van der Waals surface area contributed by atoms with Gasteiger partial charge in [0, 0.05) is 21.9 Å². The van der Waals surface area contributed by atoms with Crippen LogP contribution in [0.1, 0.15) is 23.3 Å². The first-order valence-corrected chi connectivity index (χ1v) is 11.8. The van der Waals surface area contributed by atoms with Crippen molar-refractivity contribution in [2.75, 3.05) is 7.11 Å². The SMILES string of the molecule is COc1ccc(CN(Cc2nnc(-c3ccccc3Br)o2)[C@@H](C)Cc2cccs2)cc1. The third kappa shape index (κ3) is 5.61. The fourth-order valence-electron chi connectivity index (χ4n) is 3.42. The third-order valence-electron chi connectivity index (χ3n) is 5.15. The van der Waals surface area contributed by atoms with Crippen LogP contribution in [0.5, 0.6) is 5.75 Å². The van der Waals surface area contributed by atoms with E-state index in [1.54, 1.807) is 18.4 Å². The number of hydrogen-bond donors (Lipinski definition) is 0. The molecule has 0 aliphatic heterocycles. The maximum absolute atomic E-state index is 6.03. The van der Waals surface area contributed by atoms with Gasteiger partial charge in [0.15, 0.2) is 0 Å². The van der Waals surface area contributed by atoms with E-state index in [1.807, 2.05) is 36.4 Å². The molecule has 160 valence electrons. The Labute approximate surface area is 194 Å². The van der Waals surface area contributed by atoms with Gasteiger partial charge in [0.2, 0.25) is 11.8 Å². The molecule has 0 spiro atoms. The smallest absolute Gasteiger partial charge is 0.248 e. The van der Waals surface area contributed by atoms with Crippen LogP contribution in [0.2, 0.25) is 0 Å². The summed E-state index contributed by atoms with van der Waals surface area (Å²) in [6.45, 7) is 3.60. The highest BCUT2D eigenvalue weighted by atomic mass is 79.9. The molecule has 7 heteroatoms. The highest BCUT2D eigenvalue weighted by Gasteiger charge is 2.20. The molecule has 0 bridgehead atoms. The quantitative estimate of drug-likeness (QED) is 0.275. The van der Waals surface area contributed by atoms with Crippen LogP contribution in [0, 0.1) is 0 Å². The molecule has 0 aliphatic carbocycles. The van der Waals surface area contributed by atoms with E-state index in [0.29, 0.717) is 24.4 Å². The molecule has 0 unspecified atom stereocenters. The predicted molar refractivity (Wildman–Crippen MR) is 127 cm³/mol. The van der Waals surface area contributed by atoms with Crippen molar-refractivity contribution in [1.82, 2.24) is 15.1 Å². The first-order chi connectivity index (χ1) is 15.1. The molecule has 1 atom stereocenters. The molecule has 2 aromatic carbocycles. The predicted octanol–water partition coefficient (Wildman–Crippen LogP) is 6.20. The monoisotopic (exact) mass is 497 g/mol. The number of nitrogens with zero attached hydrogens (tertiary/aromatic N) is 3. The molecular weight excluding hydrogens is 474 g/mol. The van der Waals surface area contributed by atoms with Gasteiger partial charge in [0.1, 0.15) is 5.75 Å². The van der Waals surface area contributed by atoms with Gasteiger partial charge in [-0.05, 0) is 70.5 Å². The lowest BCUT2D eigenvalue weighted by Crippen LogP contribution is -2.33. The number of thiophene rings is 1. The highest BCUT2D eigenvalue weighted by molar-refractivity contribution is 9.10. The van der Waals surface area contributed by atoms with Gasteiger partial charge in [0.05, 0.1) is 19.2 Å². The van der Waals surface area contributed by atoms with E-state index in [-0.39, 0.29) is 0 Å². The second kappa shape index (κ2) is 10.2. The molecule has 4 aromatic rings. The van der Waals surface area contributed by atoms with E-state index in [9.17, 15) is 0 Å². The van der Waals surface area contributed by atoms with Crippen LogP contribution in [0.4, 0.5) is 0 Å². The van der Waals surface area contributed by atoms with Crippen LogP contribution in [-0.4, -0.2) is 28.2 Å². The van der Waals surface area contributed by atoms with Gasteiger partial charge in [0.25, 0.3) is 0 Å². The van der Waals surface area contributed by atoms with E-state index in [4.69, 9.17) is 9.15 Å². The molecule has 0 amide bonds. The Morgan fingerprint density at radius 2 is 1.84 bits per heavy atom. The summed E-state index contributed by atoms with van der Waals surface area (Å²) in [6.07, 6.45) is 0.971. The number of ether oxygens (including phenoxy) is 1. The Morgan fingerprint density at radius 1 is 1.03 bits per heavy atom. The van der Waals surface area contributed by atoms with Crippen molar-refractivity contribution in [3.63, 3.8) is 0 Å². The number of rotatable bonds is 9. The minimum atomic E-state index is 0.305. The van der Waals surface area contributed by atoms with Gasteiger partial charge in [-0.3, -0.25) is 4.90 Å². The molecule has 0 aliphatic rings. The molecule has 0 saturated carbocycles. The van der Waals surface area contributed by atoms with Gasteiger partial charge < -0.3 is 9.15 Å². The number of aromatic nitrogens is 2. The Kier molecular flexibility index (Phi) is 7.17. The molecule has 5 nitrogen and oxygen atoms in total. The fourth-order valence-corrected chi connectivity index (χ4v) is 4.70. The molecular formula is C24H24BrN3O2S. The maximum atomic E-state index is 6.03. The Morgan fingerprint density at radius 3 is 2.55 bits per heavy atom. The lowest BCUT2D eigenvalue weighted by atomic mass is 10.1. The average molecular weight is 498 g/mol. The summed E-state index contributed by atoms with van der Waals surface area (Å²) >= 11 is 5.35. The van der Waals surface area contributed by atoms with Crippen LogP contribution in [-0.2, 0) is 19.5 Å². The summed E-state index contributed by atoms with van der Waals surface area (Å²) in [6, 6.07) is 20.6. The first kappa shape index (κ1) is 21.7. The number of methoxy groups -OCH3 is 1. The van der Waals surface area contributed by atoms with Crippen molar-refractivity contribution in [2.24, 2.45) is 0 Å². The van der Waals surface area contributed by atoms with Gasteiger partial charge in [-0.2, -0.15) is 0 Å². The topological polar surface area (TPSA) is 51.4 Å². The fraction of sp³-hybridized carbons (Fsp3) is 0.250. The molecule has 2 heterocycles. The zero-order valence-electron chi connectivity index (χ0n) is 17.5. The summed E-state index contributed by atoms with van der Waals surface area (Å²) in [5.74, 6) is 1.99. The Balaban J connectivity index is 1.54. The lowest BCUT2D eigenvalue weighted by molar-refractivity contribution is 0.172. The molecule has 0 saturated heterocycles. The Hall–Kier alpha value is -2.48. The van der Waals surface area contributed by atoms with Crippen molar-refractivity contribution < 1.29 is 9.15 Å². The summed E-state index contributed by atoms with van der Waals surface area (Å²) < 4.78 is 12.3. The highest BCUT2D eigenvalue weighted by Crippen LogP contribution is 2.27.